The zero-order valence-electron chi connectivity index (χ0n) is 13.7. The molecule has 2 N–H and O–H groups in total. The first-order chi connectivity index (χ1) is 11.9. The molecular weight excluding hydrogens is 329 g/mol. The molecule has 1 atom stereocenters. The molecule has 2 aromatic rings. The summed E-state index contributed by atoms with van der Waals surface area (Å²) in [6, 6.07) is 4.35. The minimum atomic E-state index is -4.46. The predicted molar refractivity (Wildman–Crippen MR) is 89.3 cm³/mol. The fourth-order valence-electron chi connectivity index (χ4n) is 3.38. The van der Waals surface area contributed by atoms with Crippen LogP contribution in [0.5, 0.6) is 0 Å². The zero-order chi connectivity index (χ0) is 17.6. The summed E-state index contributed by atoms with van der Waals surface area (Å²) < 4.78 is 38.9. The number of fused-ring (bicyclic) bond motifs is 1. The number of anilines is 1. The third kappa shape index (κ3) is 2.97. The van der Waals surface area contributed by atoms with Crippen LogP contribution in [-0.2, 0) is 12.8 Å². The molecule has 0 radical (unpaired) electrons. The SMILES string of the molecule is NC(c1cccc(-c2nc(N3CCC3)nc3c2CCC3)c1)C(F)(F)F. The van der Waals surface area contributed by atoms with Gasteiger partial charge in [0.25, 0.3) is 0 Å². The third-order valence-electron chi connectivity index (χ3n) is 4.93. The smallest absolute Gasteiger partial charge is 0.341 e. The van der Waals surface area contributed by atoms with Gasteiger partial charge in [0, 0.05) is 29.9 Å². The van der Waals surface area contributed by atoms with Crippen LogP contribution >= 0.6 is 0 Å². The van der Waals surface area contributed by atoms with Gasteiger partial charge >= 0.3 is 6.18 Å². The Labute approximate surface area is 143 Å². The molecular formula is C18H19F3N4. The van der Waals surface area contributed by atoms with Crippen molar-refractivity contribution in [3.8, 4) is 11.3 Å². The summed E-state index contributed by atoms with van der Waals surface area (Å²) in [5, 5.41) is 0. The second-order valence-electron chi connectivity index (χ2n) is 6.64. The van der Waals surface area contributed by atoms with Crippen molar-refractivity contribution in [2.24, 2.45) is 5.73 Å². The molecule has 25 heavy (non-hydrogen) atoms. The highest BCUT2D eigenvalue weighted by atomic mass is 19.4. The number of rotatable bonds is 3. The van der Waals surface area contributed by atoms with E-state index in [9.17, 15) is 13.2 Å². The van der Waals surface area contributed by atoms with Gasteiger partial charge in [-0.25, -0.2) is 9.97 Å². The second-order valence-corrected chi connectivity index (χ2v) is 6.64. The van der Waals surface area contributed by atoms with Gasteiger partial charge in [-0.15, -0.1) is 0 Å². The van der Waals surface area contributed by atoms with Gasteiger partial charge in [0.05, 0.1) is 5.69 Å². The maximum Gasteiger partial charge on any atom is 0.407 e. The van der Waals surface area contributed by atoms with E-state index in [4.69, 9.17) is 10.7 Å². The summed E-state index contributed by atoms with van der Waals surface area (Å²) in [5.41, 5.74) is 8.94. The van der Waals surface area contributed by atoms with Crippen LogP contribution in [0.2, 0.25) is 0 Å². The molecule has 4 nitrogen and oxygen atoms in total. The van der Waals surface area contributed by atoms with Gasteiger partial charge in [0.1, 0.15) is 6.04 Å². The van der Waals surface area contributed by atoms with E-state index in [1.807, 2.05) is 0 Å². The van der Waals surface area contributed by atoms with Crippen molar-refractivity contribution in [1.29, 1.82) is 0 Å². The van der Waals surface area contributed by atoms with Gasteiger partial charge in [-0.1, -0.05) is 18.2 Å². The molecule has 2 aliphatic rings. The lowest BCUT2D eigenvalue weighted by atomic mass is 9.99. The van der Waals surface area contributed by atoms with Gasteiger partial charge in [-0.05, 0) is 37.3 Å². The highest BCUT2D eigenvalue weighted by Gasteiger charge is 2.38. The molecule has 0 spiro atoms. The Hall–Kier alpha value is -2.15. The van der Waals surface area contributed by atoms with Gasteiger partial charge in [-0.2, -0.15) is 13.2 Å². The van der Waals surface area contributed by atoms with Crippen LogP contribution in [0.1, 0.15) is 35.7 Å². The van der Waals surface area contributed by atoms with Crippen LogP contribution in [-0.4, -0.2) is 29.2 Å². The van der Waals surface area contributed by atoms with Crippen molar-refractivity contribution in [3.05, 3.63) is 41.1 Å². The Morgan fingerprint density at radius 3 is 2.56 bits per heavy atom. The van der Waals surface area contributed by atoms with Crippen LogP contribution in [0.15, 0.2) is 24.3 Å². The van der Waals surface area contributed by atoms with E-state index < -0.39 is 12.2 Å². The Morgan fingerprint density at radius 1 is 1.08 bits per heavy atom. The van der Waals surface area contributed by atoms with Crippen molar-refractivity contribution in [2.45, 2.75) is 37.9 Å². The molecule has 0 saturated carbocycles. The summed E-state index contributed by atoms with van der Waals surface area (Å²) >= 11 is 0. The first-order valence-corrected chi connectivity index (χ1v) is 8.51. The lowest BCUT2D eigenvalue weighted by Gasteiger charge is -2.31. The number of hydrogen-bond donors (Lipinski definition) is 1. The maximum absolute atomic E-state index is 13.0. The van der Waals surface area contributed by atoms with Crippen molar-refractivity contribution >= 4 is 5.95 Å². The minimum Gasteiger partial charge on any atom is -0.341 e. The molecule has 0 amide bonds. The molecule has 1 fully saturated rings. The molecule has 1 aliphatic heterocycles. The molecule has 7 heteroatoms. The van der Waals surface area contributed by atoms with Crippen molar-refractivity contribution in [1.82, 2.24) is 9.97 Å². The first kappa shape index (κ1) is 16.3. The largest absolute Gasteiger partial charge is 0.407 e. The van der Waals surface area contributed by atoms with E-state index >= 15 is 0 Å². The van der Waals surface area contributed by atoms with E-state index in [1.54, 1.807) is 12.1 Å². The maximum atomic E-state index is 13.0. The van der Waals surface area contributed by atoms with E-state index in [0.29, 0.717) is 11.5 Å². The van der Waals surface area contributed by atoms with Crippen molar-refractivity contribution in [2.75, 3.05) is 18.0 Å². The number of hydrogen-bond acceptors (Lipinski definition) is 4. The number of aromatic nitrogens is 2. The quantitative estimate of drug-likeness (QED) is 0.924. The van der Waals surface area contributed by atoms with Gasteiger partial charge in [-0.3, -0.25) is 0 Å². The Morgan fingerprint density at radius 2 is 1.88 bits per heavy atom. The van der Waals surface area contributed by atoms with E-state index in [0.717, 1.165) is 55.7 Å². The lowest BCUT2D eigenvalue weighted by Crippen LogP contribution is -2.38. The summed E-state index contributed by atoms with van der Waals surface area (Å²) in [6.45, 7) is 1.86. The highest BCUT2D eigenvalue weighted by molar-refractivity contribution is 5.67. The van der Waals surface area contributed by atoms with Gasteiger partial charge in [0.15, 0.2) is 0 Å². The van der Waals surface area contributed by atoms with E-state index in [1.165, 1.54) is 12.1 Å². The van der Waals surface area contributed by atoms with Crippen LogP contribution in [0.3, 0.4) is 0 Å². The predicted octanol–water partition coefficient (Wildman–Crippen LogP) is 3.40. The average molecular weight is 348 g/mol. The summed E-state index contributed by atoms with van der Waals surface area (Å²) in [4.78, 5) is 11.5. The Balaban J connectivity index is 1.78. The normalized spacial score (nSPS) is 18.0. The van der Waals surface area contributed by atoms with E-state index in [-0.39, 0.29) is 5.56 Å². The molecule has 132 valence electrons. The standard InChI is InChI=1S/C18H19F3N4/c19-18(20,21)16(22)12-5-1-4-11(10-12)15-13-6-2-7-14(13)23-17(24-15)25-8-3-9-25/h1,4-5,10,16H,2-3,6-9,22H2. The summed E-state index contributed by atoms with van der Waals surface area (Å²) in [5.74, 6) is 0.687. The van der Waals surface area contributed by atoms with Crippen LogP contribution in [0, 0.1) is 0 Å². The minimum absolute atomic E-state index is 0.0564. The molecule has 0 bridgehead atoms. The zero-order valence-corrected chi connectivity index (χ0v) is 13.7. The van der Waals surface area contributed by atoms with Crippen molar-refractivity contribution in [3.63, 3.8) is 0 Å². The Bertz CT molecular complexity index is 799. The number of nitrogens with two attached hydrogens (primary N) is 1. The molecule has 2 heterocycles. The highest BCUT2D eigenvalue weighted by Crippen LogP contribution is 2.36. The number of alkyl halides is 3. The molecule has 1 aromatic carbocycles. The fourth-order valence-corrected chi connectivity index (χ4v) is 3.38. The third-order valence-corrected chi connectivity index (χ3v) is 4.93. The molecule has 1 aliphatic carbocycles. The average Bonchev–Trinajstić information content (AvgIpc) is 2.99. The summed E-state index contributed by atoms with van der Waals surface area (Å²) in [6.07, 6.45) is -0.586. The number of benzene rings is 1. The fraction of sp³-hybridized carbons (Fsp3) is 0.444. The number of nitrogens with zero attached hydrogens (tertiary/aromatic N) is 3. The van der Waals surface area contributed by atoms with Crippen LogP contribution in [0.4, 0.5) is 19.1 Å². The second kappa shape index (κ2) is 5.98. The van der Waals surface area contributed by atoms with Gasteiger partial charge in [0.2, 0.25) is 5.95 Å². The van der Waals surface area contributed by atoms with Crippen molar-refractivity contribution < 1.29 is 13.2 Å². The molecule has 1 unspecified atom stereocenters. The lowest BCUT2D eigenvalue weighted by molar-refractivity contribution is -0.149. The first-order valence-electron chi connectivity index (χ1n) is 8.51. The number of aryl methyl sites for hydroxylation is 1. The monoisotopic (exact) mass is 348 g/mol. The number of halogens is 3. The molecule has 4 rings (SSSR count). The van der Waals surface area contributed by atoms with Crippen LogP contribution < -0.4 is 10.6 Å². The topological polar surface area (TPSA) is 55.0 Å². The Kier molecular flexibility index (Phi) is 3.91. The molecule has 1 aromatic heterocycles. The summed E-state index contributed by atoms with van der Waals surface area (Å²) in [7, 11) is 0. The van der Waals surface area contributed by atoms with E-state index in [2.05, 4.69) is 9.88 Å². The molecule has 1 saturated heterocycles. The van der Waals surface area contributed by atoms with Gasteiger partial charge < -0.3 is 10.6 Å². The van der Waals surface area contributed by atoms with Crippen LogP contribution in [0.25, 0.3) is 11.3 Å².